The van der Waals surface area contributed by atoms with Crippen LogP contribution in [-0.2, 0) is 0 Å². The molecule has 0 unspecified atom stereocenters. The highest BCUT2D eigenvalue weighted by molar-refractivity contribution is 5.57. The standard InChI is InChI=1S/C13H15N3/c1-14-11-2-4-12(5-3-11)16-9-13(10-16)6-7-15-8-13/h2-5,15H,6-10H2. The molecule has 16 heavy (non-hydrogen) atoms. The summed E-state index contributed by atoms with van der Waals surface area (Å²) >= 11 is 0. The quantitative estimate of drug-likeness (QED) is 0.720. The third-order valence-electron chi connectivity index (χ3n) is 3.73. The zero-order valence-electron chi connectivity index (χ0n) is 9.24. The van der Waals surface area contributed by atoms with Gasteiger partial charge in [-0.25, -0.2) is 4.85 Å². The number of benzene rings is 1. The van der Waals surface area contributed by atoms with Crippen LogP contribution in [0.3, 0.4) is 0 Å². The van der Waals surface area contributed by atoms with Crippen LogP contribution in [-0.4, -0.2) is 26.2 Å². The summed E-state index contributed by atoms with van der Waals surface area (Å²) in [5, 5.41) is 3.44. The van der Waals surface area contributed by atoms with Crippen LogP contribution in [0.15, 0.2) is 24.3 Å². The number of hydrogen-bond donors (Lipinski definition) is 1. The largest absolute Gasteiger partial charge is 0.370 e. The molecule has 1 N–H and O–H groups in total. The first-order chi connectivity index (χ1) is 7.81. The van der Waals surface area contributed by atoms with Crippen molar-refractivity contribution in [1.82, 2.24) is 5.32 Å². The van der Waals surface area contributed by atoms with E-state index in [1.54, 1.807) is 0 Å². The van der Waals surface area contributed by atoms with Crippen molar-refractivity contribution < 1.29 is 0 Å². The first-order valence-electron chi connectivity index (χ1n) is 5.75. The molecule has 0 atom stereocenters. The maximum Gasteiger partial charge on any atom is 0.187 e. The fourth-order valence-electron chi connectivity index (χ4n) is 2.75. The Morgan fingerprint density at radius 3 is 2.56 bits per heavy atom. The van der Waals surface area contributed by atoms with E-state index >= 15 is 0 Å². The molecule has 2 fully saturated rings. The second-order valence-corrected chi connectivity index (χ2v) is 4.91. The van der Waals surface area contributed by atoms with Gasteiger partial charge in [0.05, 0.1) is 6.57 Å². The summed E-state index contributed by atoms with van der Waals surface area (Å²) in [5.41, 5.74) is 2.52. The first kappa shape index (κ1) is 9.68. The molecule has 1 aromatic rings. The lowest BCUT2D eigenvalue weighted by atomic mass is 9.79. The van der Waals surface area contributed by atoms with E-state index in [0.29, 0.717) is 5.41 Å². The normalized spacial score (nSPS) is 21.8. The van der Waals surface area contributed by atoms with Gasteiger partial charge in [-0.3, -0.25) is 0 Å². The Bertz CT molecular complexity index is 415. The lowest BCUT2D eigenvalue weighted by Gasteiger charge is -2.49. The van der Waals surface area contributed by atoms with Crippen molar-refractivity contribution >= 4 is 11.4 Å². The van der Waals surface area contributed by atoms with Gasteiger partial charge in [-0.15, -0.1) is 0 Å². The molecular weight excluding hydrogens is 198 g/mol. The maximum absolute atomic E-state index is 6.91. The van der Waals surface area contributed by atoms with E-state index in [0.717, 1.165) is 18.8 Å². The van der Waals surface area contributed by atoms with Gasteiger partial charge in [0, 0.05) is 30.7 Å². The Kier molecular flexibility index (Phi) is 2.12. The van der Waals surface area contributed by atoms with Gasteiger partial charge in [0.25, 0.3) is 0 Å². The average molecular weight is 213 g/mol. The Morgan fingerprint density at radius 1 is 1.25 bits per heavy atom. The zero-order valence-corrected chi connectivity index (χ0v) is 9.24. The predicted octanol–water partition coefficient (Wildman–Crippen LogP) is 2.04. The Labute approximate surface area is 95.9 Å². The molecule has 0 radical (unpaired) electrons. The third-order valence-corrected chi connectivity index (χ3v) is 3.73. The minimum Gasteiger partial charge on any atom is -0.370 e. The van der Waals surface area contributed by atoms with Crippen molar-refractivity contribution in [2.75, 3.05) is 31.1 Å². The van der Waals surface area contributed by atoms with Crippen molar-refractivity contribution in [2.45, 2.75) is 6.42 Å². The topological polar surface area (TPSA) is 19.6 Å². The fourth-order valence-corrected chi connectivity index (χ4v) is 2.75. The zero-order chi connectivity index (χ0) is 11.0. The minimum atomic E-state index is 0.540. The summed E-state index contributed by atoms with van der Waals surface area (Å²) in [6, 6.07) is 7.92. The van der Waals surface area contributed by atoms with E-state index in [2.05, 4.69) is 27.2 Å². The fraction of sp³-hybridized carbons (Fsp3) is 0.462. The molecule has 3 heteroatoms. The lowest BCUT2D eigenvalue weighted by molar-refractivity contribution is 0.243. The van der Waals surface area contributed by atoms with E-state index in [9.17, 15) is 0 Å². The van der Waals surface area contributed by atoms with Crippen LogP contribution in [0.5, 0.6) is 0 Å². The molecule has 0 bridgehead atoms. The highest BCUT2D eigenvalue weighted by Gasteiger charge is 2.44. The minimum absolute atomic E-state index is 0.540. The lowest BCUT2D eigenvalue weighted by Crippen LogP contribution is -2.57. The van der Waals surface area contributed by atoms with E-state index in [1.807, 2.05) is 12.1 Å². The van der Waals surface area contributed by atoms with Gasteiger partial charge in [-0.1, -0.05) is 12.1 Å². The van der Waals surface area contributed by atoms with Crippen LogP contribution in [0.4, 0.5) is 11.4 Å². The summed E-state index contributed by atoms with van der Waals surface area (Å²) in [6.07, 6.45) is 1.31. The molecular formula is C13H15N3. The summed E-state index contributed by atoms with van der Waals surface area (Å²) in [6.45, 7) is 11.6. The molecule has 82 valence electrons. The molecule has 0 saturated carbocycles. The van der Waals surface area contributed by atoms with Crippen LogP contribution in [0.2, 0.25) is 0 Å². The van der Waals surface area contributed by atoms with E-state index in [-0.39, 0.29) is 0 Å². The first-order valence-corrected chi connectivity index (χ1v) is 5.75. The number of nitrogens with zero attached hydrogens (tertiary/aromatic N) is 2. The monoisotopic (exact) mass is 213 g/mol. The van der Waals surface area contributed by atoms with Crippen LogP contribution in [0, 0.1) is 12.0 Å². The molecule has 0 amide bonds. The van der Waals surface area contributed by atoms with E-state index in [4.69, 9.17) is 6.57 Å². The highest BCUT2D eigenvalue weighted by Crippen LogP contribution is 2.39. The van der Waals surface area contributed by atoms with Gasteiger partial charge >= 0.3 is 0 Å². The van der Waals surface area contributed by atoms with Gasteiger partial charge in [0.15, 0.2) is 5.69 Å². The maximum atomic E-state index is 6.91. The number of nitrogens with one attached hydrogen (secondary N) is 1. The summed E-state index contributed by atoms with van der Waals surface area (Å²) in [5.74, 6) is 0. The van der Waals surface area contributed by atoms with Gasteiger partial charge in [0.2, 0.25) is 0 Å². The Morgan fingerprint density at radius 2 is 2.00 bits per heavy atom. The molecule has 2 heterocycles. The van der Waals surface area contributed by atoms with E-state index in [1.165, 1.54) is 25.2 Å². The highest BCUT2D eigenvalue weighted by atomic mass is 15.2. The van der Waals surface area contributed by atoms with Crippen LogP contribution in [0.25, 0.3) is 4.85 Å². The molecule has 1 aromatic carbocycles. The van der Waals surface area contributed by atoms with Crippen LogP contribution in [0.1, 0.15) is 6.42 Å². The van der Waals surface area contributed by atoms with Crippen LogP contribution >= 0.6 is 0 Å². The second kappa shape index (κ2) is 3.50. The SMILES string of the molecule is [C-]#[N+]c1ccc(N2CC3(CCNC3)C2)cc1. The third kappa shape index (κ3) is 1.46. The number of hydrogen-bond acceptors (Lipinski definition) is 2. The van der Waals surface area contributed by atoms with Crippen molar-refractivity contribution in [1.29, 1.82) is 0 Å². The average Bonchev–Trinajstić information content (AvgIpc) is 2.76. The Balaban J connectivity index is 1.69. The molecule has 2 aliphatic heterocycles. The summed E-state index contributed by atoms with van der Waals surface area (Å²) < 4.78 is 0. The molecule has 3 nitrogen and oxygen atoms in total. The van der Waals surface area contributed by atoms with Crippen molar-refractivity contribution in [3.8, 4) is 0 Å². The number of rotatable bonds is 1. The molecule has 0 aliphatic carbocycles. The summed E-state index contributed by atoms with van der Waals surface area (Å²) in [4.78, 5) is 5.81. The molecule has 1 spiro atoms. The second-order valence-electron chi connectivity index (χ2n) is 4.91. The molecule has 2 aliphatic rings. The summed E-state index contributed by atoms with van der Waals surface area (Å²) in [7, 11) is 0. The van der Waals surface area contributed by atoms with Gasteiger partial charge in [-0.2, -0.15) is 0 Å². The van der Waals surface area contributed by atoms with Crippen LogP contribution < -0.4 is 10.2 Å². The molecule has 2 saturated heterocycles. The van der Waals surface area contributed by atoms with E-state index < -0.39 is 0 Å². The van der Waals surface area contributed by atoms with Gasteiger partial charge in [0.1, 0.15) is 0 Å². The molecule has 0 aromatic heterocycles. The van der Waals surface area contributed by atoms with Gasteiger partial charge in [-0.05, 0) is 25.1 Å². The van der Waals surface area contributed by atoms with Crippen molar-refractivity contribution in [2.24, 2.45) is 5.41 Å². The smallest absolute Gasteiger partial charge is 0.187 e. The Hall–Kier alpha value is -1.53. The molecule has 3 rings (SSSR count). The predicted molar refractivity (Wildman–Crippen MR) is 64.8 cm³/mol. The van der Waals surface area contributed by atoms with Gasteiger partial charge < -0.3 is 10.2 Å². The van der Waals surface area contributed by atoms with Crippen molar-refractivity contribution in [3.63, 3.8) is 0 Å². The van der Waals surface area contributed by atoms with Crippen molar-refractivity contribution in [3.05, 3.63) is 35.7 Å². The number of anilines is 1.